The van der Waals surface area contributed by atoms with Crippen LogP contribution in [0.1, 0.15) is 29.3 Å². The van der Waals surface area contributed by atoms with Crippen LogP contribution in [0.15, 0.2) is 48.5 Å². The van der Waals surface area contributed by atoms with Crippen molar-refractivity contribution in [1.29, 1.82) is 0 Å². The zero-order valence-electron chi connectivity index (χ0n) is 11.8. The Morgan fingerprint density at radius 2 is 1.95 bits per heavy atom. The number of aryl methyl sites for hydroxylation is 1. The van der Waals surface area contributed by atoms with Crippen molar-refractivity contribution in [2.75, 3.05) is 0 Å². The summed E-state index contributed by atoms with van der Waals surface area (Å²) in [6, 6.07) is 15.3. The van der Waals surface area contributed by atoms with Gasteiger partial charge in [-0.1, -0.05) is 30.3 Å². The Labute approximate surface area is 138 Å². The molecule has 0 fully saturated rings. The molecule has 2 rings (SSSR count). The number of benzene rings is 2. The topological polar surface area (TPSA) is 49.3 Å². The second-order valence-corrected chi connectivity index (χ2v) is 6.23. The molecule has 0 bridgehead atoms. The second kappa shape index (κ2) is 7.45. The van der Waals surface area contributed by atoms with E-state index in [0.717, 1.165) is 16.4 Å². The average Bonchev–Trinajstić information content (AvgIpc) is 2.49. The van der Waals surface area contributed by atoms with E-state index >= 15 is 0 Å². The zero-order chi connectivity index (χ0) is 15.2. The van der Waals surface area contributed by atoms with E-state index in [4.69, 9.17) is 0 Å². The van der Waals surface area contributed by atoms with E-state index in [1.165, 1.54) is 11.6 Å². The molecule has 0 radical (unpaired) electrons. The molecule has 0 saturated heterocycles. The van der Waals surface area contributed by atoms with Crippen molar-refractivity contribution in [3.05, 3.63) is 63.2 Å². The van der Waals surface area contributed by atoms with Crippen LogP contribution in [-0.4, -0.2) is 17.1 Å². The smallest absolute Gasteiger partial charge is 0.251 e. The predicted octanol–water partition coefficient (Wildman–Crippen LogP) is 3.75. The lowest BCUT2D eigenvalue weighted by molar-refractivity contribution is 0.0938. The quantitative estimate of drug-likeness (QED) is 0.758. The van der Waals surface area contributed by atoms with Gasteiger partial charge < -0.3 is 10.4 Å². The molecule has 2 N–H and O–H groups in total. The monoisotopic (exact) mass is 395 g/mol. The maximum absolute atomic E-state index is 12.1. The molecule has 110 valence electrons. The molecule has 1 amide bonds. The molecular formula is C17H18INO2. The van der Waals surface area contributed by atoms with Crippen LogP contribution in [0.5, 0.6) is 5.75 Å². The summed E-state index contributed by atoms with van der Waals surface area (Å²) in [6.07, 6.45) is 1.81. The molecule has 0 aliphatic rings. The molecule has 1 unspecified atom stereocenters. The Kier molecular flexibility index (Phi) is 5.61. The molecule has 0 spiro atoms. The zero-order valence-corrected chi connectivity index (χ0v) is 14.0. The van der Waals surface area contributed by atoms with Gasteiger partial charge >= 0.3 is 0 Å². The first-order valence-electron chi connectivity index (χ1n) is 6.89. The minimum atomic E-state index is -0.151. The highest BCUT2D eigenvalue weighted by atomic mass is 127. The van der Waals surface area contributed by atoms with Crippen LogP contribution in [0.25, 0.3) is 0 Å². The maximum Gasteiger partial charge on any atom is 0.251 e. The van der Waals surface area contributed by atoms with Gasteiger partial charge in [0.05, 0.1) is 3.57 Å². The highest BCUT2D eigenvalue weighted by Gasteiger charge is 2.11. The number of nitrogens with one attached hydrogen (secondary N) is 1. The van der Waals surface area contributed by atoms with Crippen molar-refractivity contribution < 1.29 is 9.90 Å². The van der Waals surface area contributed by atoms with Gasteiger partial charge in [-0.3, -0.25) is 4.79 Å². The van der Waals surface area contributed by atoms with E-state index in [-0.39, 0.29) is 17.7 Å². The van der Waals surface area contributed by atoms with Crippen molar-refractivity contribution >= 4 is 28.5 Å². The highest BCUT2D eigenvalue weighted by Crippen LogP contribution is 2.20. The molecule has 0 aromatic heterocycles. The lowest BCUT2D eigenvalue weighted by Gasteiger charge is -2.14. The first-order chi connectivity index (χ1) is 10.1. The van der Waals surface area contributed by atoms with Gasteiger partial charge in [0.15, 0.2) is 0 Å². The minimum Gasteiger partial charge on any atom is -0.507 e. The first-order valence-corrected chi connectivity index (χ1v) is 7.97. The predicted molar refractivity (Wildman–Crippen MR) is 92.5 cm³/mol. The second-order valence-electron chi connectivity index (χ2n) is 5.06. The number of hydrogen-bond acceptors (Lipinski definition) is 2. The normalized spacial score (nSPS) is 11.9. The van der Waals surface area contributed by atoms with Crippen LogP contribution >= 0.6 is 22.6 Å². The summed E-state index contributed by atoms with van der Waals surface area (Å²) in [7, 11) is 0. The van der Waals surface area contributed by atoms with Crippen molar-refractivity contribution in [2.45, 2.75) is 25.8 Å². The number of aromatic hydroxyl groups is 1. The molecule has 0 aliphatic carbocycles. The molecular weight excluding hydrogens is 377 g/mol. The third kappa shape index (κ3) is 4.74. The Hall–Kier alpha value is -1.56. The standard InChI is InChI=1S/C17H18INO2/c1-12(7-8-13-5-3-2-4-6-13)19-17(21)14-9-10-15(18)16(20)11-14/h2-6,9-12,20H,7-8H2,1H3,(H,19,21). The fourth-order valence-electron chi connectivity index (χ4n) is 2.06. The summed E-state index contributed by atoms with van der Waals surface area (Å²) in [6.45, 7) is 1.99. The van der Waals surface area contributed by atoms with Gasteiger partial charge in [0.2, 0.25) is 0 Å². The number of rotatable bonds is 5. The van der Waals surface area contributed by atoms with Gasteiger partial charge in [-0.05, 0) is 66.1 Å². The lowest BCUT2D eigenvalue weighted by atomic mass is 10.1. The number of phenolic OH excluding ortho intramolecular Hbond substituents is 1. The summed E-state index contributed by atoms with van der Waals surface area (Å²) < 4.78 is 0.737. The van der Waals surface area contributed by atoms with Crippen molar-refractivity contribution in [2.24, 2.45) is 0 Å². The third-order valence-electron chi connectivity index (χ3n) is 3.29. The summed E-state index contributed by atoms with van der Waals surface area (Å²) in [5, 5.41) is 12.6. The highest BCUT2D eigenvalue weighted by molar-refractivity contribution is 14.1. The number of halogens is 1. The van der Waals surface area contributed by atoms with Gasteiger partial charge in [0, 0.05) is 11.6 Å². The minimum absolute atomic E-state index is 0.0825. The summed E-state index contributed by atoms with van der Waals surface area (Å²) in [4.78, 5) is 12.1. The van der Waals surface area contributed by atoms with Gasteiger partial charge in [0.25, 0.3) is 5.91 Å². The van der Waals surface area contributed by atoms with Crippen LogP contribution < -0.4 is 5.32 Å². The fourth-order valence-corrected chi connectivity index (χ4v) is 2.40. The van der Waals surface area contributed by atoms with Gasteiger partial charge in [-0.15, -0.1) is 0 Å². The number of carbonyl (C=O) groups excluding carboxylic acids is 1. The number of phenols is 1. The molecule has 0 aliphatic heterocycles. The van der Waals surface area contributed by atoms with Gasteiger partial charge in [-0.2, -0.15) is 0 Å². The Morgan fingerprint density at radius 1 is 1.24 bits per heavy atom. The van der Waals surface area contributed by atoms with E-state index in [9.17, 15) is 9.90 Å². The molecule has 1 atom stereocenters. The Balaban J connectivity index is 1.88. The van der Waals surface area contributed by atoms with Crippen molar-refractivity contribution in [1.82, 2.24) is 5.32 Å². The maximum atomic E-state index is 12.1. The van der Waals surface area contributed by atoms with Crippen molar-refractivity contribution in [3.8, 4) is 5.75 Å². The molecule has 4 heteroatoms. The third-order valence-corrected chi connectivity index (χ3v) is 4.21. The molecule has 0 heterocycles. The van der Waals surface area contributed by atoms with Gasteiger partial charge in [-0.25, -0.2) is 0 Å². The van der Waals surface area contributed by atoms with Crippen LogP contribution in [0.4, 0.5) is 0 Å². The molecule has 0 saturated carbocycles. The molecule has 21 heavy (non-hydrogen) atoms. The lowest BCUT2D eigenvalue weighted by Crippen LogP contribution is -2.32. The SMILES string of the molecule is CC(CCc1ccccc1)NC(=O)c1ccc(I)c(O)c1. The number of amides is 1. The number of hydrogen-bond donors (Lipinski definition) is 2. The van der Waals surface area contributed by atoms with Crippen LogP contribution in [-0.2, 0) is 6.42 Å². The molecule has 3 nitrogen and oxygen atoms in total. The summed E-state index contributed by atoms with van der Waals surface area (Å²) >= 11 is 2.03. The van der Waals surface area contributed by atoms with Crippen molar-refractivity contribution in [3.63, 3.8) is 0 Å². The Bertz CT molecular complexity index is 613. The largest absolute Gasteiger partial charge is 0.507 e. The van der Waals surface area contributed by atoms with E-state index in [1.54, 1.807) is 12.1 Å². The van der Waals surface area contributed by atoms with E-state index in [0.29, 0.717) is 5.56 Å². The molecule has 2 aromatic rings. The van der Waals surface area contributed by atoms with Crippen LogP contribution in [0.2, 0.25) is 0 Å². The number of carbonyl (C=O) groups is 1. The van der Waals surface area contributed by atoms with Crippen LogP contribution in [0.3, 0.4) is 0 Å². The average molecular weight is 395 g/mol. The summed E-state index contributed by atoms with van der Waals surface area (Å²) in [5.74, 6) is -0.0116. The van der Waals surface area contributed by atoms with Gasteiger partial charge in [0.1, 0.15) is 5.75 Å². The first kappa shape index (κ1) is 15.8. The Morgan fingerprint density at radius 3 is 2.62 bits per heavy atom. The van der Waals surface area contributed by atoms with E-state index in [2.05, 4.69) is 17.4 Å². The van der Waals surface area contributed by atoms with E-state index in [1.807, 2.05) is 47.7 Å². The van der Waals surface area contributed by atoms with E-state index < -0.39 is 0 Å². The molecule has 2 aromatic carbocycles. The summed E-state index contributed by atoms with van der Waals surface area (Å²) in [5.41, 5.74) is 1.75. The fraction of sp³-hybridized carbons (Fsp3) is 0.235. The van der Waals surface area contributed by atoms with Crippen LogP contribution in [0, 0.1) is 3.57 Å².